The molecule has 0 aromatic heterocycles. The van der Waals surface area contributed by atoms with Gasteiger partial charge in [-0.25, -0.2) is 4.79 Å². The maximum Gasteiger partial charge on any atom is 0.408 e. The molecule has 8 heteroatoms. The maximum absolute atomic E-state index is 13.7. The number of hydrogen-bond donors (Lipinski definition) is 2. The van der Waals surface area contributed by atoms with E-state index < -0.39 is 23.8 Å². The monoisotopic (exact) mass is 493 g/mol. The molecule has 0 aliphatic carbocycles. The van der Waals surface area contributed by atoms with Crippen LogP contribution in [0.2, 0.25) is 0 Å². The van der Waals surface area contributed by atoms with E-state index in [0.717, 1.165) is 29.5 Å². The summed E-state index contributed by atoms with van der Waals surface area (Å²) in [6.07, 6.45) is 3.52. The number of alkyl carbamates (subject to hydrolysis) is 1. The zero-order valence-corrected chi connectivity index (χ0v) is 23.1. The molecule has 7 nitrogen and oxygen atoms in total. The largest absolute Gasteiger partial charge is 0.444 e. The molecule has 0 radical (unpaired) electrons. The lowest BCUT2D eigenvalue weighted by Crippen LogP contribution is -2.52. The molecule has 0 saturated heterocycles. The lowest BCUT2D eigenvalue weighted by Gasteiger charge is -2.33. The van der Waals surface area contributed by atoms with Crippen molar-refractivity contribution in [2.24, 2.45) is 0 Å². The Labute approximate surface area is 209 Å². The van der Waals surface area contributed by atoms with E-state index in [1.165, 1.54) is 4.90 Å². The molecule has 0 fully saturated rings. The lowest BCUT2D eigenvalue weighted by atomic mass is 9.93. The standard InChI is InChI=1S/C26H43N3O4S/c1-10-12-19(4)27-23(30)22(21-17(2)13-11-14-18(21)3)29(8)24(31)20(15-16-34-9)28-25(32)33-26(5,6)7/h11,13-14,19-20,22H,10,12,15-16H2,1-9H3,(H,27,30)(H,28,32). The van der Waals surface area contributed by atoms with Crippen LogP contribution >= 0.6 is 11.8 Å². The van der Waals surface area contributed by atoms with Crippen LogP contribution in [0.5, 0.6) is 0 Å². The average Bonchev–Trinajstić information content (AvgIpc) is 2.71. The highest BCUT2D eigenvalue weighted by Gasteiger charge is 2.35. The van der Waals surface area contributed by atoms with Gasteiger partial charge in [0.05, 0.1) is 0 Å². The van der Waals surface area contributed by atoms with Crippen LogP contribution in [0.1, 0.15) is 76.6 Å². The number of nitrogens with zero attached hydrogens (tertiary/aromatic N) is 1. The zero-order valence-electron chi connectivity index (χ0n) is 22.3. The van der Waals surface area contributed by atoms with E-state index in [1.54, 1.807) is 39.6 Å². The minimum Gasteiger partial charge on any atom is -0.444 e. The minimum atomic E-state index is -0.815. The smallest absolute Gasteiger partial charge is 0.408 e. The van der Waals surface area contributed by atoms with Crippen LogP contribution in [-0.2, 0) is 14.3 Å². The van der Waals surface area contributed by atoms with Crippen molar-refractivity contribution in [3.63, 3.8) is 0 Å². The third kappa shape index (κ3) is 9.20. The molecule has 1 aromatic rings. The molecule has 0 aliphatic heterocycles. The van der Waals surface area contributed by atoms with Crippen molar-refractivity contribution >= 4 is 29.7 Å². The highest BCUT2D eigenvalue weighted by atomic mass is 32.2. The number of rotatable bonds is 11. The quantitative estimate of drug-likeness (QED) is 0.464. The number of likely N-dealkylation sites (N-methyl/N-ethyl adjacent to an activating group) is 1. The molecule has 0 saturated carbocycles. The van der Waals surface area contributed by atoms with Gasteiger partial charge in [0.1, 0.15) is 17.7 Å². The fourth-order valence-corrected chi connectivity index (χ4v) is 4.37. The van der Waals surface area contributed by atoms with Gasteiger partial charge in [-0.3, -0.25) is 9.59 Å². The number of hydrogen-bond acceptors (Lipinski definition) is 5. The lowest BCUT2D eigenvalue weighted by molar-refractivity contribution is -0.141. The van der Waals surface area contributed by atoms with Gasteiger partial charge in [-0.2, -0.15) is 11.8 Å². The number of nitrogens with one attached hydrogen (secondary N) is 2. The molecular formula is C26H43N3O4S. The summed E-state index contributed by atoms with van der Waals surface area (Å²) in [5.41, 5.74) is 1.99. The summed E-state index contributed by atoms with van der Waals surface area (Å²) in [7, 11) is 1.63. The van der Waals surface area contributed by atoms with Gasteiger partial charge >= 0.3 is 6.09 Å². The van der Waals surface area contributed by atoms with Gasteiger partial charge < -0.3 is 20.3 Å². The molecule has 3 atom stereocenters. The van der Waals surface area contributed by atoms with Crippen molar-refractivity contribution < 1.29 is 19.1 Å². The van der Waals surface area contributed by atoms with Crippen molar-refractivity contribution in [2.75, 3.05) is 19.1 Å². The van der Waals surface area contributed by atoms with E-state index in [9.17, 15) is 14.4 Å². The first-order valence-electron chi connectivity index (χ1n) is 11.9. The van der Waals surface area contributed by atoms with Gasteiger partial charge in [0.2, 0.25) is 11.8 Å². The van der Waals surface area contributed by atoms with Crippen molar-refractivity contribution in [3.05, 3.63) is 34.9 Å². The van der Waals surface area contributed by atoms with Gasteiger partial charge in [0.25, 0.3) is 0 Å². The zero-order chi connectivity index (χ0) is 26.1. The third-order valence-electron chi connectivity index (χ3n) is 5.51. The predicted molar refractivity (Wildman–Crippen MR) is 140 cm³/mol. The van der Waals surface area contributed by atoms with Crippen LogP contribution in [0.4, 0.5) is 4.79 Å². The number of carbonyl (C=O) groups excluding carboxylic acids is 3. The number of carbonyl (C=O) groups is 3. The number of thioether (sulfide) groups is 1. The molecule has 34 heavy (non-hydrogen) atoms. The summed E-state index contributed by atoms with van der Waals surface area (Å²) in [6.45, 7) is 13.3. The summed E-state index contributed by atoms with van der Waals surface area (Å²) in [5.74, 6) is 0.120. The summed E-state index contributed by atoms with van der Waals surface area (Å²) < 4.78 is 5.38. The summed E-state index contributed by atoms with van der Waals surface area (Å²) in [4.78, 5) is 41.1. The van der Waals surface area contributed by atoms with E-state index in [4.69, 9.17) is 4.74 Å². The molecule has 0 aliphatic rings. The van der Waals surface area contributed by atoms with Crippen molar-refractivity contribution in [1.82, 2.24) is 15.5 Å². The molecule has 0 bridgehead atoms. The first-order valence-corrected chi connectivity index (χ1v) is 13.3. The molecule has 1 rings (SSSR count). The molecule has 0 heterocycles. The van der Waals surface area contributed by atoms with E-state index in [0.29, 0.717) is 12.2 Å². The third-order valence-corrected chi connectivity index (χ3v) is 6.15. The maximum atomic E-state index is 13.7. The molecule has 3 amide bonds. The van der Waals surface area contributed by atoms with Gasteiger partial charge in [-0.05, 0) is 83.1 Å². The van der Waals surface area contributed by atoms with Gasteiger partial charge in [-0.1, -0.05) is 31.5 Å². The van der Waals surface area contributed by atoms with Crippen molar-refractivity contribution in [3.8, 4) is 0 Å². The first kappa shape index (κ1) is 29.8. The van der Waals surface area contributed by atoms with Crippen LogP contribution in [-0.4, -0.2) is 59.5 Å². The average molecular weight is 494 g/mol. The topological polar surface area (TPSA) is 87.7 Å². The number of benzene rings is 1. The highest BCUT2D eigenvalue weighted by Crippen LogP contribution is 2.28. The molecule has 3 unspecified atom stereocenters. The second kappa shape index (κ2) is 13.6. The van der Waals surface area contributed by atoms with Crippen molar-refractivity contribution in [2.45, 2.75) is 91.5 Å². The van der Waals surface area contributed by atoms with Crippen LogP contribution in [0.3, 0.4) is 0 Å². The summed E-state index contributed by atoms with van der Waals surface area (Å²) in [5, 5.41) is 5.80. The number of ether oxygens (including phenoxy) is 1. The van der Waals surface area contributed by atoms with E-state index >= 15 is 0 Å². The Bertz CT molecular complexity index is 818. The normalized spacial score (nSPS) is 14.0. The number of aryl methyl sites for hydroxylation is 2. The van der Waals surface area contributed by atoms with Crippen LogP contribution in [0.15, 0.2) is 18.2 Å². The highest BCUT2D eigenvalue weighted by molar-refractivity contribution is 7.98. The van der Waals surface area contributed by atoms with E-state index in [1.807, 2.05) is 45.2 Å². The van der Waals surface area contributed by atoms with E-state index in [-0.39, 0.29) is 17.9 Å². The van der Waals surface area contributed by atoms with Crippen molar-refractivity contribution in [1.29, 1.82) is 0 Å². The Hall–Kier alpha value is -2.22. The van der Waals surface area contributed by atoms with Gasteiger partial charge in [-0.15, -0.1) is 0 Å². The van der Waals surface area contributed by atoms with E-state index in [2.05, 4.69) is 17.6 Å². The molecular weight excluding hydrogens is 450 g/mol. The van der Waals surface area contributed by atoms with Crippen LogP contribution in [0.25, 0.3) is 0 Å². The fourth-order valence-electron chi connectivity index (χ4n) is 3.90. The van der Waals surface area contributed by atoms with Gasteiger partial charge in [0, 0.05) is 13.1 Å². The fraction of sp³-hybridized carbons (Fsp3) is 0.654. The Balaban J connectivity index is 3.33. The second-order valence-corrected chi connectivity index (χ2v) is 10.8. The Kier molecular flexibility index (Phi) is 11.9. The Morgan fingerprint density at radius 1 is 1.09 bits per heavy atom. The predicted octanol–water partition coefficient (Wildman–Crippen LogP) is 4.75. The molecule has 2 N–H and O–H groups in total. The number of amides is 3. The molecule has 192 valence electrons. The Morgan fingerprint density at radius 2 is 1.68 bits per heavy atom. The van der Waals surface area contributed by atoms with Crippen LogP contribution < -0.4 is 10.6 Å². The Morgan fingerprint density at radius 3 is 2.18 bits per heavy atom. The summed E-state index contributed by atoms with van der Waals surface area (Å²) in [6, 6.07) is 4.20. The minimum absolute atomic E-state index is 0.0139. The van der Waals surface area contributed by atoms with Gasteiger partial charge in [0.15, 0.2) is 0 Å². The van der Waals surface area contributed by atoms with Crippen LogP contribution in [0, 0.1) is 13.8 Å². The second-order valence-electron chi connectivity index (χ2n) is 9.84. The molecule has 1 aromatic carbocycles. The molecule has 0 spiro atoms. The SMILES string of the molecule is CCCC(C)NC(=O)C(c1c(C)cccc1C)N(C)C(=O)C(CCSC)NC(=O)OC(C)(C)C. The first-order chi connectivity index (χ1) is 15.8. The summed E-state index contributed by atoms with van der Waals surface area (Å²) >= 11 is 1.59.